The fourth-order valence-corrected chi connectivity index (χ4v) is 6.00. The average Bonchev–Trinajstić information content (AvgIpc) is 2.95. The van der Waals surface area contributed by atoms with Gasteiger partial charge < -0.3 is 14.5 Å². The summed E-state index contributed by atoms with van der Waals surface area (Å²) < 4.78 is 5.43. The van der Waals surface area contributed by atoms with Crippen LogP contribution in [0.5, 0.6) is 5.75 Å². The monoisotopic (exact) mass is 491 g/mol. The molecule has 1 aliphatic heterocycles. The van der Waals surface area contributed by atoms with Crippen molar-refractivity contribution in [1.82, 2.24) is 14.8 Å². The highest BCUT2D eigenvalue weighted by molar-refractivity contribution is 5.94. The average molecular weight is 492 g/mol. The lowest BCUT2D eigenvalue weighted by Crippen LogP contribution is -2.48. The van der Waals surface area contributed by atoms with Gasteiger partial charge in [0.2, 0.25) is 5.91 Å². The maximum Gasteiger partial charge on any atom is 0.255 e. The van der Waals surface area contributed by atoms with E-state index in [2.05, 4.69) is 22.0 Å². The Morgan fingerprint density at radius 2 is 1.86 bits per heavy atom. The zero-order valence-electron chi connectivity index (χ0n) is 21.9. The molecule has 6 heteroatoms. The Morgan fingerprint density at radius 3 is 2.56 bits per heavy atom. The number of nitrogens with zero attached hydrogens (tertiary/aromatic N) is 3. The summed E-state index contributed by atoms with van der Waals surface area (Å²) in [5, 5.41) is 0. The Balaban J connectivity index is 1.41. The number of likely N-dealkylation sites (tertiary alicyclic amines) is 1. The maximum atomic E-state index is 13.3. The van der Waals surface area contributed by atoms with Crippen LogP contribution in [0, 0.1) is 11.8 Å². The van der Waals surface area contributed by atoms with E-state index in [4.69, 9.17) is 4.74 Å². The molecular weight excluding hydrogens is 450 g/mol. The Bertz CT molecular complexity index is 982. The zero-order chi connectivity index (χ0) is 25.3. The predicted octanol–water partition coefficient (Wildman–Crippen LogP) is 5.37. The van der Waals surface area contributed by atoms with Gasteiger partial charge in [-0.05, 0) is 67.3 Å². The van der Waals surface area contributed by atoms with Gasteiger partial charge in [-0.3, -0.25) is 14.6 Å². The van der Waals surface area contributed by atoms with Crippen LogP contribution < -0.4 is 4.74 Å². The zero-order valence-corrected chi connectivity index (χ0v) is 21.9. The van der Waals surface area contributed by atoms with Gasteiger partial charge in [-0.15, -0.1) is 0 Å². The van der Waals surface area contributed by atoms with E-state index in [1.165, 1.54) is 32.1 Å². The molecule has 1 aliphatic carbocycles. The van der Waals surface area contributed by atoms with Gasteiger partial charge in [0.25, 0.3) is 5.91 Å². The molecular formula is C30H41N3O3. The first-order valence-corrected chi connectivity index (χ1v) is 13.6. The van der Waals surface area contributed by atoms with Gasteiger partial charge >= 0.3 is 0 Å². The Morgan fingerprint density at radius 1 is 1.08 bits per heavy atom. The minimum absolute atomic E-state index is 0.0121. The smallest absolute Gasteiger partial charge is 0.255 e. The molecule has 6 nitrogen and oxygen atoms in total. The molecule has 1 atom stereocenters. The van der Waals surface area contributed by atoms with Crippen molar-refractivity contribution in [3.63, 3.8) is 0 Å². The Kier molecular flexibility index (Phi) is 9.37. The van der Waals surface area contributed by atoms with E-state index < -0.39 is 0 Å². The summed E-state index contributed by atoms with van der Waals surface area (Å²) in [6.07, 6.45) is 14.2. The fraction of sp³-hybridized carbons (Fsp3) is 0.567. The highest BCUT2D eigenvalue weighted by Gasteiger charge is 2.33. The summed E-state index contributed by atoms with van der Waals surface area (Å²) >= 11 is 0. The third kappa shape index (κ3) is 6.86. The van der Waals surface area contributed by atoms with Crippen molar-refractivity contribution in [2.45, 2.75) is 70.3 Å². The predicted molar refractivity (Wildman–Crippen MR) is 142 cm³/mol. The van der Waals surface area contributed by atoms with Gasteiger partial charge in [0.1, 0.15) is 5.75 Å². The summed E-state index contributed by atoms with van der Waals surface area (Å²) in [5.74, 6) is 2.18. The first kappa shape index (κ1) is 26.2. The van der Waals surface area contributed by atoms with E-state index in [9.17, 15) is 9.59 Å². The quantitative estimate of drug-likeness (QED) is 0.473. The van der Waals surface area contributed by atoms with Crippen molar-refractivity contribution in [2.24, 2.45) is 11.8 Å². The van der Waals surface area contributed by atoms with E-state index in [0.29, 0.717) is 23.8 Å². The topological polar surface area (TPSA) is 62.7 Å². The number of hydrogen-bond donors (Lipinski definition) is 0. The highest BCUT2D eigenvalue weighted by atomic mass is 16.5. The fourth-order valence-electron chi connectivity index (χ4n) is 6.00. The van der Waals surface area contributed by atoms with E-state index >= 15 is 0 Å². The van der Waals surface area contributed by atoms with Crippen LogP contribution in [0.15, 0.2) is 48.8 Å². The summed E-state index contributed by atoms with van der Waals surface area (Å²) in [6.45, 7) is 1.55. The van der Waals surface area contributed by atoms with Crippen LogP contribution in [0.25, 0.3) is 0 Å². The molecule has 2 fully saturated rings. The molecule has 2 heterocycles. The number of pyridine rings is 1. The number of benzene rings is 1. The molecule has 2 aliphatic rings. The van der Waals surface area contributed by atoms with Crippen LogP contribution in [-0.4, -0.2) is 59.9 Å². The molecule has 2 amide bonds. The molecule has 36 heavy (non-hydrogen) atoms. The molecule has 1 saturated carbocycles. The van der Waals surface area contributed by atoms with Crippen molar-refractivity contribution >= 4 is 11.8 Å². The van der Waals surface area contributed by atoms with Gasteiger partial charge in [-0.2, -0.15) is 0 Å². The van der Waals surface area contributed by atoms with E-state index in [1.54, 1.807) is 25.6 Å². The molecule has 194 valence electrons. The largest absolute Gasteiger partial charge is 0.497 e. The summed E-state index contributed by atoms with van der Waals surface area (Å²) in [5.41, 5.74) is 1.75. The maximum absolute atomic E-state index is 13.3. The van der Waals surface area contributed by atoms with Crippen LogP contribution in [0.4, 0.5) is 0 Å². The number of piperidine rings is 1. The summed E-state index contributed by atoms with van der Waals surface area (Å²) in [4.78, 5) is 34.4. The second kappa shape index (κ2) is 12.9. The SMILES string of the molecule is COc1cccc(C[C@H](C2CCN(C(=O)CCC3CCCCC3)CC2)N(C)C(=O)c2cccnc2)c1. The van der Waals surface area contributed by atoms with Crippen LogP contribution in [-0.2, 0) is 11.2 Å². The normalized spacial score (nSPS) is 18.0. The minimum atomic E-state index is -0.0121. The lowest BCUT2D eigenvalue weighted by Gasteiger charge is -2.40. The molecule has 2 aromatic rings. The Labute approximate surface area is 216 Å². The molecule has 0 bridgehead atoms. The third-order valence-electron chi connectivity index (χ3n) is 8.23. The summed E-state index contributed by atoms with van der Waals surface area (Å²) in [7, 11) is 3.58. The molecule has 1 saturated heterocycles. The number of ether oxygens (including phenoxy) is 1. The van der Waals surface area contributed by atoms with Crippen LogP contribution in [0.1, 0.15) is 73.7 Å². The standard InChI is InChI=1S/C30H41N3O3/c1-32(30(35)26-11-7-17-31-22-26)28(21-24-10-6-12-27(20-24)36-2)25-15-18-33(19-16-25)29(34)14-13-23-8-4-3-5-9-23/h6-7,10-12,17,20,22-23,25,28H,3-5,8-9,13-16,18-19,21H2,1-2H3/t28-/m1/s1. The van der Waals surface area contributed by atoms with E-state index in [-0.39, 0.29) is 11.9 Å². The highest BCUT2D eigenvalue weighted by Crippen LogP contribution is 2.30. The van der Waals surface area contributed by atoms with Crippen LogP contribution >= 0.6 is 0 Å². The molecule has 0 unspecified atom stereocenters. The molecule has 4 rings (SSSR count). The van der Waals surface area contributed by atoms with Crippen molar-refractivity contribution < 1.29 is 14.3 Å². The first-order valence-electron chi connectivity index (χ1n) is 13.6. The lowest BCUT2D eigenvalue weighted by molar-refractivity contribution is -0.133. The van der Waals surface area contributed by atoms with Gasteiger partial charge in [0.15, 0.2) is 0 Å². The number of methoxy groups -OCH3 is 1. The van der Waals surface area contributed by atoms with E-state index in [0.717, 1.165) is 56.0 Å². The van der Waals surface area contributed by atoms with Gasteiger partial charge in [0.05, 0.1) is 12.7 Å². The van der Waals surface area contributed by atoms with Crippen molar-refractivity contribution in [2.75, 3.05) is 27.2 Å². The minimum Gasteiger partial charge on any atom is -0.497 e. The lowest BCUT2D eigenvalue weighted by atomic mass is 9.84. The van der Waals surface area contributed by atoms with Gasteiger partial charge in [-0.25, -0.2) is 0 Å². The number of rotatable bonds is 9. The van der Waals surface area contributed by atoms with Crippen molar-refractivity contribution in [3.05, 3.63) is 59.9 Å². The summed E-state index contributed by atoms with van der Waals surface area (Å²) in [6, 6.07) is 11.8. The van der Waals surface area contributed by atoms with Gasteiger partial charge in [0, 0.05) is 45.0 Å². The molecule has 0 N–H and O–H groups in total. The van der Waals surface area contributed by atoms with Crippen molar-refractivity contribution in [1.29, 1.82) is 0 Å². The third-order valence-corrected chi connectivity index (χ3v) is 8.23. The number of carbonyl (C=O) groups is 2. The van der Waals surface area contributed by atoms with E-state index in [1.807, 2.05) is 30.1 Å². The molecule has 0 spiro atoms. The van der Waals surface area contributed by atoms with Crippen LogP contribution in [0.3, 0.4) is 0 Å². The number of hydrogen-bond acceptors (Lipinski definition) is 4. The molecule has 0 radical (unpaired) electrons. The molecule has 1 aromatic heterocycles. The number of carbonyl (C=O) groups excluding carboxylic acids is 2. The Hall–Kier alpha value is -2.89. The number of aromatic nitrogens is 1. The van der Waals surface area contributed by atoms with Crippen LogP contribution in [0.2, 0.25) is 0 Å². The van der Waals surface area contributed by atoms with Gasteiger partial charge in [-0.1, -0.05) is 44.2 Å². The number of amides is 2. The molecule has 1 aromatic carbocycles. The van der Waals surface area contributed by atoms with Crippen molar-refractivity contribution in [3.8, 4) is 5.75 Å². The second-order valence-electron chi connectivity index (χ2n) is 10.5. The first-order chi connectivity index (χ1) is 17.5. The number of likely N-dealkylation sites (N-methyl/N-ethyl adjacent to an activating group) is 1. The second-order valence-corrected chi connectivity index (χ2v) is 10.5.